The maximum Gasteiger partial charge on any atom is 0.191 e. The third-order valence-corrected chi connectivity index (χ3v) is 3.10. The number of hydrogen-bond donors (Lipinski definition) is 2. The Morgan fingerprint density at radius 1 is 1.00 bits per heavy atom. The Bertz CT molecular complexity index is 503. The summed E-state index contributed by atoms with van der Waals surface area (Å²) in [5, 5.41) is 6.64. The van der Waals surface area contributed by atoms with Gasteiger partial charge in [0.2, 0.25) is 0 Å². The van der Waals surface area contributed by atoms with Gasteiger partial charge in [-0.2, -0.15) is 0 Å². The summed E-state index contributed by atoms with van der Waals surface area (Å²) in [5.74, 6) is 0.855. The molecule has 2 rings (SSSR count). The van der Waals surface area contributed by atoms with E-state index in [0.29, 0.717) is 0 Å². The molecule has 0 aliphatic rings. The van der Waals surface area contributed by atoms with E-state index in [-0.39, 0.29) is 0 Å². The molecule has 0 aliphatic carbocycles. The minimum absolute atomic E-state index is 0.855. The van der Waals surface area contributed by atoms with Gasteiger partial charge in [-0.1, -0.05) is 30.3 Å². The maximum absolute atomic E-state index is 4.22. The van der Waals surface area contributed by atoms with E-state index < -0.39 is 0 Å². The number of nitrogens with one attached hydrogen (secondary N) is 2. The van der Waals surface area contributed by atoms with Crippen molar-refractivity contribution in [2.45, 2.75) is 13.0 Å². The van der Waals surface area contributed by atoms with Crippen LogP contribution in [0.3, 0.4) is 0 Å². The zero-order valence-electron chi connectivity index (χ0n) is 11.9. The van der Waals surface area contributed by atoms with Crippen molar-refractivity contribution in [3.63, 3.8) is 0 Å². The van der Waals surface area contributed by atoms with Crippen LogP contribution in [0.2, 0.25) is 0 Å². The van der Waals surface area contributed by atoms with Crippen LogP contribution in [0, 0.1) is 0 Å². The molecule has 4 nitrogen and oxygen atoms in total. The molecule has 1 aromatic carbocycles. The summed E-state index contributed by atoms with van der Waals surface area (Å²) in [6.07, 6.45) is 5.12. The fourth-order valence-corrected chi connectivity index (χ4v) is 2.01. The van der Waals surface area contributed by atoms with E-state index in [2.05, 4.69) is 56.9 Å². The highest BCUT2D eigenvalue weighted by Crippen LogP contribution is 1.97. The van der Waals surface area contributed by atoms with E-state index in [1.54, 1.807) is 7.05 Å². The van der Waals surface area contributed by atoms with Gasteiger partial charge < -0.3 is 15.2 Å². The standard InChI is InChI=1S/C16H22N4/c1-17-16(19-11-14-20-12-5-6-13-20)18-10-9-15-7-3-2-4-8-15/h2-8,12-13H,9-11,14H2,1H3,(H2,17,18,19). The Balaban J connectivity index is 1.65. The Morgan fingerprint density at radius 3 is 2.40 bits per heavy atom. The zero-order valence-corrected chi connectivity index (χ0v) is 11.9. The van der Waals surface area contributed by atoms with Crippen molar-refractivity contribution in [3.8, 4) is 0 Å². The molecule has 2 aromatic rings. The van der Waals surface area contributed by atoms with Gasteiger partial charge in [-0.3, -0.25) is 4.99 Å². The van der Waals surface area contributed by atoms with Crippen LogP contribution in [0.25, 0.3) is 0 Å². The molecule has 1 heterocycles. The molecule has 4 heteroatoms. The normalized spacial score (nSPS) is 11.3. The Labute approximate surface area is 120 Å². The lowest BCUT2D eigenvalue weighted by atomic mass is 10.1. The summed E-state index contributed by atoms with van der Waals surface area (Å²) >= 11 is 0. The van der Waals surface area contributed by atoms with Crippen molar-refractivity contribution < 1.29 is 0 Å². The minimum atomic E-state index is 0.855. The molecule has 1 aromatic heterocycles. The summed E-state index contributed by atoms with van der Waals surface area (Å²) in [4.78, 5) is 4.22. The number of hydrogen-bond acceptors (Lipinski definition) is 1. The van der Waals surface area contributed by atoms with Crippen molar-refractivity contribution in [3.05, 3.63) is 60.4 Å². The molecular formula is C16H22N4. The van der Waals surface area contributed by atoms with Crippen LogP contribution in [0.4, 0.5) is 0 Å². The number of nitrogens with zero attached hydrogens (tertiary/aromatic N) is 2. The molecule has 0 atom stereocenters. The molecule has 0 unspecified atom stereocenters. The van der Waals surface area contributed by atoms with E-state index >= 15 is 0 Å². The van der Waals surface area contributed by atoms with Gasteiger partial charge in [0.1, 0.15) is 0 Å². The van der Waals surface area contributed by atoms with Crippen molar-refractivity contribution in [2.75, 3.05) is 20.1 Å². The van der Waals surface area contributed by atoms with Gasteiger partial charge in [0.15, 0.2) is 5.96 Å². The van der Waals surface area contributed by atoms with Gasteiger partial charge in [-0.15, -0.1) is 0 Å². The number of guanidine groups is 1. The van der Waals surface area contributed by atoms with Crippen molar-refractivity contribution >= 4 is 5.96 Å². The van der Waals surface area contributed by atoms with Gasteiger partial charge in [-0.25, -0.2) is 0 Å². The maximum atomic E-state index is 4.22. The summed E-state index contributed by atoms with van der Waals surface area (Å²) in [6.45, 7) is 2.68. The van der Waals surface area contributed by atoms with Crippen LogP contribution in [0.15, 0.2) is 59.9 Å². The zero-order chi connectivity index (χ0) is 14.0. The molecule has 0 bridgehead atoms. The van der Waals surface area contributed by atoms with Gasteiger partial charge in [-0.05, 0) is 24.1 Å². The lowest BCUT2D eigenvalue weighted by molar-refractivity contribution is 0.665. The van der Waals surface area contributed by atoms with E-state index in [1.165, 1.54) is 5.56 Å². The molecule has 2 N–H and O–H groups in total. The topological polar surface area (TPSA) is 41.4 Å². The molecule has 0 aliphatic heterocycles. The second-order valence-corrected chi connectivity index (χ2v) is 4.58. The van der Waals surface area contributed by atoms with Crippen LogP contribution in [0.1, 0.15) is 5.56 Å². The fraction of sp³-hybridized carbons (Fsp3) is 0.312. The molecule has 0 saturated carbocycles. The molecule has 0 saturated heterocycles. The average molecular weight is 270 g/mol. The Hall–Kier alpha value is -2.23. The second kappa shape index (κ2) is 8.04. The number of rotatable bonds is 6. The highest BCUT2D eigenvalue weighted by molar-refractivity contribution is 5.79. The predicted molar refractivity (Wildman–Crippen MR) is 83.9 cm³/mol. The molecule has 0 fully saturated rings. The Kier molecular flexibility index (Phi) is 5.71. The van der Waals surface area contributed by atoms with E-state index in [4.69, 9.17) is 0 Å². The molecular weight excluding hydrogens is 248 g/mol. The van der Waals surface area contributed by atoms with E-state index in [0.717, 1.165) is 32.0 Å². The highest BCUT2D eigenvalue weighted by Gasteiger charge is 1.97. The van der Waals surface area contributed by atoms with E-state index in [9.17, 15) is 0 Å². The van der Waals surface area contributed by atoms with Gasteiger partial charge in [0.05, 0.1) is 0 Å². The fourth-order valence-electron chi connectivity index (χ4n) is 2.01. The summed E-state index contributed by atoms with van der Waals surface area (Å²) in [5.41, 5.74) is 1.34. The summed E-state index contributed by atoms with van der Waals surface area (Å²) in [7, 11) is 1.80. The third kappa shape index (κ3) is 4.80. The van der Waals surface area contributed by atoms with Crippen LogP contribution < -0.4 is 10.6 Å². The van der Waals surface area contributed by atoms with E-state index in [1.807, 2.05) is 18.2 Å². The lowest BCUT2D eigenvalue weighted by Gasteiger charge is -2.12. The first-order valence-corrected chi connectivity index (χ1v) is 6.97. The molecule has 0 spiro atoms. The van der Waals surface area contributed by atoms with Crippen molar-refractivity contribution in [2.24, 2.45) is 4.99 Å². The molecule has 0 radical (unpaired) electrons. The predicted octanol–water partition coefficient (Wildman–Crippen LogP) is 1.90. The van der Waals surface area contributed by atoms with Crippen molar-refractivity contribution in [1.29, 1.82) is 0 Å². The number of benzene rings is 1. The first kappa shape index (κ1) is 14.2. The van der Waals surface area contributed by atoms with Gasteiger partial charge in [0.25, 0.3) is 0 Å². The van der Waals surface area contributed by atoms with Crippen LogP contribution in [0.5, 0.6) is 0 Å². The summed E-state index contributed by atoms with van der Waals surface area (Å²) in [6, 6.07) is 14.5. The molecule has 20 heavy (non-hydrogen) atoms. The quantitative estimate of drug-likeness (QED) is 0.622. The highest BCUT2D eigenvalue weighted by atomic mass is 15.2. The first-order chi connectivity index (χ1) is 9.88. The Morgan fingerprint density at radius 2 is 1.70 bits per heavy atom. The SMILES string of the molecule is CN=C(NCCc1ccccc1)NCCn1cccc1. The summed E-state index contributed by atoms with van der Waals surface area (Å²) < 4.78 is 2.14. The minimum Gasteiger partial charge on any atom is -0.356 e. The smallest absolute Gasteiger partial charge is 0.191 e. The lowest BCUT2D eigenvalue weighted by Crippen LogP contribution is -2.39. The monoisotopic (exact) mass is 270 g/mol. The number of aromatic nitrogens is 1. The van der Waals surface area contributed by atoms with Crippen LogP contribution in [-0.2, 0) is 13.0 Å². The van der Waals surface area contributed by atoms with Crippen LogP contribution >= 0.6 is 0 Å². The number of aliphatic imine (C=N–C) groups is 1. The van der Waals surface area contributed by atoms with Crippen molar-refractivity contribution in [1.82, 2.24) is 15.2 Å². The van der Waals surface area contributed by atoms with Gasteiger partial charge in [0, 0.05) is 39.1 Å². The third-order valence-electron chi connectivity index (χ3n) is 3.10. The second-order valence-electron chi connectivity index (χ2n) is 4.58. The molecule has 0 amide bonds. The average Bonchev–Trinajstić information content (AvgIpc) is 3.00. The largest absolute Gasteiger partial charge is 0.356 e. The van der Waals surface area contributed by atoms with Crippen LogP contribution in [-0.4, -0.2) is 30.7 Å². The first-order valence-electron chi connectivity index (χ1n) is 6.97. The van der Waals surface area contributed by atoms with Gasteiger partial charge >= 0.3 is 0 Å². The molecule has 106 valence electrons.